The molecule has 0 saturated carbocycles. The summed E-state index contributed by atoms with van der Waals surface area (Å²) in [5, 5.41) is 10.9. The molecule has 5 heteroatoms. The third-order valence-corrected chi connectivity index (χ3v) is 2.07. The molecule has 0 aliphatic carbocycles. The molecular weight excluding hydrogens is 204 g/mol. The quantitative estimate of drug-likeness (QED) is 0.749. The number of nitriles is 1. The van der Waals surface area contributed by atoms with Crippen molar-refractivity contribution in [3.8, 4) is 6.07 Å². The van der Waals surface area contributed by atoms with Crippen molar-refractivity contribution in [2.24, 2.45) is 0 Å². The van der Waals surface area contributed by atoms with Crippen molar-refractivity contribution in [1.29, 1.82) is 5.26 Å². The second kappa shape index (κ2) is 4.36. The van der Waals surface area contributed by atoms with E-state index in [2.05, 4.69) is 15.3 Å². The van der Waals surface area contributed by atoms with Crippen molar-refractivity contribution < 1.29 is 4.79 Å². The number of fused-ring (bicyclic) bond motifs is 1. The van der Waals surface area contributed by atoms with Crippen LogP contribution in [-0.2, 0) is 0 Å². The first-order chi connectivity index (χ1) is 7.83. The highest BCUT2D eigenvalue weighted by Crippen LogP contribution is 2.13. The topological polar surface area (TPSA) is 78.7 Å². The lowest BCUT2D eigenvalue weighted by Gasteiger charge is -2.03. The number of para-hydroxylation sites is 1. The van der Waals surface area contributed by atoms with Crippen molar-refractivity contribution >= 4 is 16.9 Å². The van der Waals surface area contributed by atoms with Gasteiger partial charge < -0.3 is 5.32 Å². The monoisotopic (exact) mass is 212 g/mol. The Morgan fingerprint density at radius 1 is 1.38 bits per heavy atom. The molecule has 2 rings (SSSR count). The summed E-state index contributed by atoms with van der Waals surface area (Å²) in [4.78, 5) is 19.9. The summed E-state index contributed by atoms with van der Waals surface area (Å²) >= 11 is 0. The zero-order valence-electron chi connectivity index (χ0n) is 8.34. The van der Waals surface area contributed by atoms with Crippen LogP contribution in [0.15, 0.2) is 30.6 Å². The van der Waals surface area contributed by atoms with E-state index in [1.54, 1.807) is 24.4 Å². The Hall–Kier alpha value is -2.48. The van der Waals surface area contributed by atoms with E-state index >= 15 is 0 Å². The smallest absolute Gasteiger partial charge is 0.254 e. The van der Waals surface area contributed by atoms with E-state index < -0.39 is 0 Å². The normalized spacial score (nSPS) is 9.69. The highest BCUT2D eigenvalue weighted by molar-refractivity contribution is 6.04. The fourth-order valence-electron chi connectivity index (χ4n) is 1.39. The molecule has 0 aliphatic heterocycles. The maximum Gasteiger partial charge on any atom is 0.254 e. The third kappa shape index (κ3) is 1.81. The molecule has 1 aromatic carbocycles. The van der Waals surface area contributed by atoms with Crippen molar-refractivity contribution in [1.82, 2.24) is 15.3 Å². The second-order valence-electron chi connectivity index (χ2n) is 3.07. The molecule has 0 fully saturated rings. The van der Waals surface area contributed by atoms with E-state index in [1.807, 2.05) is 6.07 Å². The first kappa shape index (κ1) is 10.1. The summed E-state index contributed by atoms with van der Waals surface area (Å²) in [5.74, 6) is -0.312. The molecule has 16 heavy (non-hydrogen) atoms. The number of aromatic nitrogens is 2. The number of hydrogen-bond donors (Lipinski definition) is 1. The van der Waals surface area contributed by atoms with Crippen LogP contribution in [0.2, 0.25) is 0 Å². The van der Waals surface area contributed by atoms with Crippen LogP contribution in [0.1, 0.15) is 10.4 Å². The van der Waals surface area contributed by atoms with Crippen LogP contribution < -0.4 is 5.32 Å². The zero-order valence-corrected chi connectivity index (χ0v) is 8.34. The van der Waals surface area contributed by atoms with Crippen LogP contribution in [0.3, 0.4) is 0 Å². The number of rotatable bonds is 2. The van der Waals surface area contributed by atoms with Crippen LogP contribution in [0.5, 0.6) is 0 Å². The molecule has 0 atom stereocenters. The van der Waals surface area contributed by atoms with Crippen LogP contribution in [0.4, 0.5) is 0 Å². The van der Waals surface area contributed by atoms with Crippen LogP contribution >= 0.6 is 0 Å². The van der Waals surface area contributed by atoms with Gasteiger partial charge in [0.2, 0.25) is 0 Å². The maximum atomic E-state index is 11.7. The summed E-state index contributed by atoms with van der Waals surface area (Å²) in [7, 11) is 0. The molecule has 0 unspecified atom stereocenters. The number of benzene rings is 1. The van der Waals surface area contributed by atoms with Gasteiger partial charge in [0.1, 0.15) is 12.1 Å². The molecular formula is C11H8N4O. The molecule has 0 aliphatic rings. The van der Waals surface area contributed by atoms with Gasteiger partial charge in [-0.1, -0.05) is 6.07 Å². The number of nitrogens with zero attached hydrogens (tertiary/aromatic N) is 3. The number of carbonyl (C=O) groups excluding carboxylic acids is 1. The minimum atomic E-state index is -0.312. The first-order valence-electron chi connectivity index (χ1n) is 4.68. The van der Waals surface area contributed by atoms with Crippen LogP contribution in [0.25, 0.3) is 11.0 Å². The van der Waals surface area contributed by atoms with Crippen LogP contribution in [0, 0.1) is 11.3 Å². The molecule has 1 amide bonds. The Labute approximate surface area is 91.8 Å². The summed E-state index contributed by atoms with van der Waals surface area (Å²) in [6, 6.07) is 7.02. The van der Waals surface area contributed by atoms with Crippen molar-refractivity contribution in [2.75, 3.05) is 6.54 Å². The van der Waals surface area contributed by atoms with E-state index in [0.717, 1.165) is 0 Å². The van der Waals surface area contributed by atoms with Crippen molar-refractivity contribution in [3.63, 3.8) is 0 Å². The Morgan fingerprint density at radius 2 is 2.19 bits per heavy atom. The highest BCUT2D eigenvalue weighted by atomic mass is 16.1. The molecule has 78 valence electrons. The number of amides is 1. The molecule has 0 radical (unpaired) electrons. The van der Waals surface area contributed by atoms with Gasteiger partial charge in [-0.15, -0.1) is 0 Å². The van der Waals surface area contributed by atoms with Gasteiger partial charge >= 0.3 is 0 Å². The molecule has 5 nitrogen and oxygen atoms in total. The Bertz CT molecular complexity index is 568. The van der Waals surface area contributed by atoms with Gasteiger partial charge in [0.15, 0.2) is 0 Å². The fourth-order valence-corrected chi connectivity index (χ4v) is 1.39. The van der Waals surface area contributed by atoms with Gasteiger partial charge in [0, 0.05) is 12.4 Å². The third-order valence-electron chi connectivity index (χ3n) is 2.07. The molecule has 1 aromatic heterocycles. The minimum Gasteiger partial charge on any atom is -0.339 e. The van der Waals surface area contributed by atoms with E-state index in [9.17, 15) is 4.79 Å². The molecule has 1 heterocycles. The van der Waals surface area contributed by atoms with E-state index in [0.29, 0.717) is 16.6 Å². The summed E-state index contributed by atoms with van der Waals surface area (Å²) in [5.41, 5.74) is 1.63. The number of hydrogen-bond acceptors (Lipinski definition) is 4. The largest absolute Gasteiger partial charge is 0.339 e. The lowest BCUT2D eigenvalue weighted by molar-refractivity contribution is 0.0960. The Kier molecular flexibility index (Phi) is 2.74. The van der Waals surface area contributed by atoms with Crippen molar-refractivity contribution in [2.45, 2.75) is 0 Å². The lowest BCUT2D eigenvalue weighted by Crippen LogP contribution is -2.23. The standard InChI is InChI=1S/C11H8N4O/c12-4-5-15-11(16)8-2-1-3-9-10(8)14-7-6-13-9/h1-3,6-7H,5H2,(H,15,16). The highest BCUT2D eigenvalue weighted by Gasteiger charge is 2.10. The molecule has 1 N–H and O–H groups in total. The summed E-state index contributed by atoms with van der Waals surface area (Å²) in [6.45, 7) is -0.0184. The number of carbonyl (C=O) groups is 1. The van der Waals surface area contributed by atoms with E-state index in [1.165, 1.54) is 6.20 Å². The van der Waals surface area contributed by atoms with Gasteiger partial charge in [-0.2, -0.15) is 5.26 Å². The SMILES string of the molecule is N#CCNC(=O)c1cccc2nccnc12. The minimum absolute atomic E-state index is 0.0184. The van der Waals surface area contributed by atoms with E-state index in [-0.39, 0.29) is 12.5 Å². The van der Waals surface area contributed by atoms with Gasteiger partial charge in [-0.05, 0) is 12.1 Å². The predicted molar refractivity (Wildman–Crippen MR) is 57.5 cm³/mol. The molecule has 0 saturated heterocycles. The molecule has 0 bridgehead atoms. The lowest BCUT2D eigenvalue weighted by atomic mass is 10.1. The van der Waals surface area contributed by atoms with Gasteiger partial charge in [-0.3, -0.25) is 14.8 Å². The maximum absolute atomic E-state index is 11.7. The van der Waals surface area contributed by atoms with Gasteiger partial charge in [0.25, 0.3) is 5.91 Å². The zero-order chi connectivity index (χ0) is 11.4. The van der Waals surface area contributed by atoms with Gasteiger partial charge in [-0.25, -0.2) is 0 Å². The number of nitrogens with one attached hydrogen (secondary N) is 1. The van der Waals surface area contributed by atoms with Gasteiger partial charge in [0.05, 0.1) is 17.1 Å². The Morgan fingerprint density at radius 3 is 3.00 bits per heavy atom. The Balaban J connectivity index is 2.45. The predicted octanol–water partition coefficient (Wildman–Crippen LogP) is 0.883. The summed E-state index contributed by atoms with van der Waals surface area (Å²) in [6.07, 6.45) is 3.10. The second-order valence-corrected chi connectivity index (χ2v) is 3.07. The average Bonchev–Trinajstić information content (AvgIpc) is 2.35. The summed E-state index contributed by atoms with van der Waals surface area (Å²) < 4.78 is 0. The first-order valence-corrected chi connectivity index (χ1v) is 4.68. The molecule has 2 aromatic rings. The van der Waals surface area contributed by atoms with E-state index in [4.69, 9.17) is 5.26 Å². The average molecular weight is 212 g/mol. The van der Waals surface area contributed by atoms with Crippen LogP contribution in [-0.4, -0.2) is 22.4 Å². The fraction of sp³-hybridized carbons (Fsp3) is 0.0909. The van der Waals surface area contributed by atoms with Crippen molar-refractivity contribution in [3.05, 3.63) is 36.2 Å². The molecule has 0 spiro atoms.